The summed E-state index contributed by atoms with van der Waals surface area (Å²) >= 11 is 0. The third kappa shape index (κ3) is 3.31. The lowest BCUT2D eigenvalue weighted by Crippen LogP contribution is -2.53. The zero-order valence-corrected chi connectivity index (χ0v) is 20.4. The molecule has 7 unspecified atom stereocenters. The van der Waals surface area contributed by atoms with Gasteiger partial charge < -0.3 is 0 Å². The molecule has 0 N–H and O–H groups in total. The van der Waals surface area contributed by atoms with Gasteiger partial charge in [0.2, 0.25) is 5.95 Å². The summed E-state index contributed by atoms with van der Waals surface area (Å²) in [6.45, 7) is 7.79. The van der Waals surface area contributed by atoms with E-state index >= 15 is 0 Å². The lowest BCUT2D eigenvalue weighted by atomic mass is 9.44. The summed E-state index contributed by atoms with van der Waals surface area (Å²) in [5, 5.41) is 5.19. The van der Waals surface area contributed by atoms with Crippen LogP contribution in [-0.4, -0.2) is 20.5 Å². The van der Waals surface area contributed by atoms with Gasteiger partial charge in [0.25, 0.3) is 0 Å². The fourth-order valence-corrected chi connectivity index (χ4v) is 9.30. The molecule has 0 aliphatic heterocycles. The molecule has 0 amide bonds. The van der Waals surface area contributed by atoms with E-state index in [2.05, 4.69) is 30.9 Å². The number of nitrogens with zero attached hydrogens (tertiary/aromatic N) is 3. The van der Waals surface area contributed by atoms with E-state index in [0.29, 0.717) is 28.0 Å². The van der Waals surface area contributed by atoms with Crippen LogP contribution in [0.4, 0.5) is 4.39 Å². The van der Waals surface area contributed by atoms with Crippen molar-refractivity contribution in [1.82, 2.24) is 14.8 Å². The van der Waals surface area contributed by atoms with Crippen LogP contribution in [-0.2, 0) is 11.3 Å². The number of ketones is 1. The molecule has 0 bridgehead atoms. The Morgan fingerprint density at radius 3 is 2.73 bits per heavy atom. The van der Waals surface area contributed by atoms with Crippen molar-refractivity contribution < 1.29 is 9.18 Å². The fourth-order valence-electron chi connectivity index (χ4n) is 9.30. The Bertz CT molecular complexity index is 1080. The van der Waals surface area contributed by atoms with Gasteiger partial charge in [0.1, 0.15) is 5.52 Å². The number of carbonyl (C=O) groups excluding carboxylic acids is 1. The van der Waals surface area contributed by atoms with Gasteiger partial charge in [0, 0.05) is 23.6 Å². The predicted octanol–water partition coefficient (Wildman–Crippen LogP) is 6.43. The van der Waals surface area contributed by atoms with Crippen molar-refractivity contribution >= 4 is 16.7 Å². The summed E-state index contributed by atoms with van der Waals surface area (Å²) < 4.78 is 15.2. The molecule has 4 aliphatic rings. The number of hydrogen-bond acceptors (Lipinski definition) is 3. The summed E-state index contributed by atoms with van der Waals surface area (Å²) in [5.41, 5.74) is 1.30. The van der Waals surface area contributed by atoms with Crippen LogP contribution in [0.3, 0.4) is 0 Å². The van der Waals surface area contributed by atoms with Gasteiger partial charge in [-0.3, -0.25) is 9.48 Å². The first-order valence-corrected chi connectivity index (χ1v) is 13.3. The number of aromatic nitrogens is 3. The minimum Gasteiger partial charge on any atom is -0.297 e. The Morgan fingerprint density at radius 2 is 1.88 bits per heavy atom. The molecule has 4 nitrogen and oxygen atoms in total. The largest absolute Gasteiger partial charge is 0.297 e. The third-order valence-electron chi connectivity index (χ3n) is 11.0. The molecular formula is C28H38FN3O. The molecule has 8 atom stereocenters. The minimum atomic E-state index is -0.507. The first-order chi connectivity index (χ1) is 15.8. The average molecular weight is 452 g/mol. The molecular weight excluding hydrogens is 413 g/mol. The SMILES string of the molecule is CC1CCC2(C)C(CCC3C2CCC2(C)C3CC[C@@H]2C(=O)Cn2cc3cc(F)ncc3n2)C1. The van der Waals surface area contributed by atoms with E-state index in [1.165, 1.54) is 63.6 Å². The highest BCUT2D eigenvalue weighted by Gasteiger charge is 2.60. The molecule has 33 heavy (non-hydrogen) atoms. The van der Waals surface area contributed by atoms with Crippen LogP contribution in [0.2, 0.25) is 0 Å². The molecule has 4 fully saturated rings. The molecule has 0 saturated heterocycles. The zero-order valence-electron chi connectivity index (χ0n) is 20.4. The van der Waals surface area contributed by atoms with Crippen molar-refractivity contribution in [3.8, 4) is 0 Å². The standard InChI is InChI=1S/C28H38FN3O/c1-17-8-10-27(2)19(12-17)4-5-20-21-6-7-23(28(21,3)11-9-22(20)27)25(33)16-32-15-18-13-26(29)30-14-24(18)31-32/h13-15,17,19-23H,4-12,16H2,1-3H3/t17?,19?,20?,21?,22?,23-,27?,28?/m1/s1. The number of carbonyl (C=O) groups is 1. The Labute approximate surface area is 196 Å². The molecule has 0 spiro atoms. The molecule has 178 valence electrons. The monoisotopic (exact) mass is 451 g/mol. The van der Waals surface area contributed by atoms with E-state index in [1.807, 2.05) is 0 Å². The van der Waals surface area contributed by atoms with Crippen LogP contribution in [0.5, 0.6) is 0 Å². The summed E-state index contributed by atoms with van der Waals surface area (Å²) in [6.07, 6.45) is 15.0. The van der Waals surface area contributed by atoms with Crippen molar-refractivity contribution in [3.05, 3.63) is 24.4 Å². The van der Waals surface area contributed by atoms with Crippen LogP contribution < -0.4 is 0 Å². The van der Waals surface area contributed by atoms with Gasteiger partial charge >= 0.3 is 0 Å². The number of hydrogen-bond donors (Lipinski definition) is 0. The normalized spacial score (nSPS) is 42.5. The van der Waals surface area contributed by atoms with Crippen LogP contribution in [0.1, 0.15) is 78.6 Å². The lowest BCUT2D eigenvalue weighted by Gasteiger charge is -2.61. The summed E-state index contributed by atoms with van der Waals surface area (Å²) in [5.74, 6) is 4.09. The van der Waals surface area contributed by atoms with E-state index in [4.69, 9.17) is 0 Å². The van der Waals surface area contributed by atoms with Gasteiger partial charge in [-0.1, -0.05) is 27.2 Å². The number of halogens is 1. The Balaban J connectivity index is 1.21. The fraction of sp³-hybridized carbons (Fsp3) is 0.750. The molecule has 5 heteroatoms. The van der Waals surface area contributed by atoms with Gasteiger partial charge in [0.05, 0.1) is 12.7 Å². The maximum absolute atomic E-state index is 13.6. The number of fused-ring (bicyclic) bond motifs is 6. The molecule has 6 rings (SSSR count). The highest BCUT2D eigenvalue weighted by Crippen LogP contribution is 2.67. The maximum atomic E-state index is 13.6. The van der Waals surface area contributed by atoms with E-state index in [1.54, 1.807) is 10.9 Å². The van der Waals surface area contributed by atoms with Crippen LogP contribution in [0.25, 0.3) is 10.9 Å². The molecule has 0 radical (unpaired) electrons. The molecule has 4 aliphatic carbocycles. The second-order valence-corrected chi connectivity index (χ2v) is 12.6. The molecule has 0 aromatic carbocycles. The van der Waals surface area contributed by atoms with E-state index in [-0.39, 0.29) is 17.9 Å². The topological polar surface area (TPSA) is 47.8 Å². The van der Waals surface area contributed by atoms with Gasteiger partial charge in [-0.2, -0.15) is 9.49 Å². The van der Waals surface area contributed by atoms with Crippen LogP contribution in [0, 0.1) is 52.3 Å². The molecule has 2 aromatic rings. The summed E-state index contributed by atoms with van der Waals surface area (Å²) in [7, 11) is 0. The smallest absolute Gasteiger partial charge is 0.213 e. The van der Waals surface area contributed by atoms with E-state index < -0.39 is 5.95 Å². The summed E-state index contributed by atoms with van der Waals surface area (Å²) in [6, 6.07) is 1.39. The Hall–Kier alpha value is -1.78. The maximum Gasteiger partial charge on any atom is 0.213 e. The minimum absolute atomic E-state index is 0.127. The summed E-state index contributed by atoms with van der Waals surface area (Å²) in [4.78, 5) is 17.2. The van der Waals surface area contributed by atoms with E-state index in [9.17, 15) is 9.18 Å². The molecule has 2 heterocycles. The number of rotatable bonds is 3. The first kappa shape index (κ1) is 21.7. The zero-order chi connectivity index (χ0) is 23.0. The highest BCUT2D eigenvalue weighted by atomic mass is 19.1. The lowest BCUT2D eigenvalue weighted by molar-refractivity contribution is -0.137. The second-order valence-electron chi connectivity index (χ2n) is 12.6. The second kappa shape index (κ2) is 7.61. The Morgan fingerprint density at radius 1 is 1.09 bits per heavy atom. The van der Waals surface area contributed by atoms with Crippen molar-refractivity contribution in [2.45, 2.75) is 85.1 Å². The number of pyridine rings is 1. The van der Waals surface area contributed by atoms with Gasteiger partial charge in [-0.25, -0.2) is 4.98 Å². The third-order valence-corrected chi connectivity index (χ3v) is 11.0. The van der Waals surface area contributed by atoms with Gasteiger partial charge in [-0.05, 0) is 91.8 Å². The van der Waals surface area contributed by atoms with Crippen molar-refractivity contribution in [2.24, 2.45) is 46.3 Å². The van der Waals surface area contributed by atoms with Gasteiger partial charge in [-0.15, -0.1) is 0 Å². The van der Waals surface area contributed by atoms with Crippen molar-refractivity contribution in [1.29, 1.82) is 0 Å². The Kier molecular flexibility index (Phi) is 5.01. The number of Topliss-reactive ketones (excluding diaryl/α,β-unsaturated/α-hetero) is 1. The highest BCUT2D eigenvalue weighted by molar-refractivity contribution is 5.83. The van der Waals surface area contributed by atoms with Crippen LogP contribution in [0.15, 0.2) is 18.5 Å². The quantitative estimate of drug-likeness (QED) is 0.505. The molecule has 4 saturated carbocycles. The average Bonchev–Trinajstić information content (AvgIpc) is 3.33. The first-order valence-electron chi connectivity index (χ1n) is 13.3. The van der Waals surface area contributed by atoms with E-state index in [0.717, 1.165) is 30.1 Å². The predicted molar refractivity (Wildman–Crippen MR) is 127 cm³/mol. The van der Waals surface area contributed by atoms with Crippen molar-refractivity contribution in [3.63, 3.8) is 0 Å². The molecule has 2 aromatic heterocycles. The van der Waals surface area contributed by atoms with Crippen molar-refractivity contribution in [2.75, 3.05) is 0 Å². The van der Waals surface area contributed by atoms with Crippen LogP contribution >= 0.6 is 0 Å². The van der Waals surface area contributed by atoms with Gasteiger partial charge in [0.15, 0.2) is 5.78 Å².